The predicted molar refractivity (Wildman–Crippen MR) is 70.5 cm³/mol. The minimum Gasteiger partial charge on any atom is -0.325 e. The van der Waals surface area contributed by atoms with Crippen molar-refractivity contribution in [2.75, 3.05) is 5.32 Å². The summed E-state index contributed by atoms with van der Waals surface area (Å²) in [5, 5.41) is 5.02. The van der Waals surface area contributed by atoms with Crippen LogP contribution in [0.5, 0.6) is 0 Å². The molecule has 1 N–H and O–H groups in total. The molecule has 0 aliphatic carbocycles. The Morgan fingerprint density at radius 2 is 2.00 bits per heavy atom. The predicted octanol–water partition coefficient (Wildman–Crippen LogP) is 3.61. The van der Waals surface area contributed by atoms with E-state index in [0.717, 1.165) is 12.1 Å². The van der Waals surface area contributed by atoms with Gasteiger partial charge in [0.05, 0.1) is 5.69 Å². The molecule has 2 heterocycles. The van der Waals surface area contributed by atoms with Gasteiger partial charge in [0.1, 0.15) is 0 Å². The van der Waals surface area contributed by atoms with Gasteiger partial charge in [-0.25, -0.2) is 0 Å². The average molecular weight is 243 g/mol. The first-order valence-corrected chi connectivity index (χ1v) is 6.65. The maximum absolute atomic E-state index is 11.6. The molecule has 0 bridgehead atoms. The lowest BCUT2D eigenvalue weighted by atomic mass is 9.93. The summed E-state index contributed by atoms with van der Waals surface area (Å²) < 4.78 is 0. The molecule has 1 aliphatic heterocycles. The lowest BCUT2D eigenvalue weighted by molar-refractivity contribution is -0.116. The molecule has 1 aromatic heterocycles. The molecule has 3 rings (SSSR count). The molecule has 1 aromatic carbocycles. The van der Waals surface area contributed by atoms with Crippen LogP contribution in [0.15, 0.2) is 41.8 Å². The van der Waals surface area contributed by atoms with Crippen molar-refractivity contribution < 1.29 is 4.79 Å². The van der Waals surface area contributed by atoms with Crippen LogP contribution in [0.4, 0.5) is 5.69 Å². The second-order valence-electron chi connectivity index (χ2n) is 4.25. The molecule has 86 valence electrons. The summed E-state index contributed by atoms with van der Waals surface area (Å²) in [7, 11) is 0. The lowest BCUT2D eigenvalue weighted by Crippen LogP contribution is -2.08. The van der Waals surface area contributed by atoms with Crippen molar-refractivity contribution in [3.8, 4) is 0 Å². The largest absolute Gasteiger partial charge is 0.325 e. The molecular weight excluding hydrogens is 230 g/mol. The number of benzene rings is 1. The summed E-state index contributed by atoms with van der Waals surface area (Å²) in [4.78, 5) is 12.9. The van der Waals surface area contributed by atoms with Crippen LogP contribution in [0.2, 0.25) is 0 Å². The zero-order valence-electron chi connectivity index (χ0n) is 9.35. The van der Waals surface area contributed by atoms with E-state index >= 15 is 0 Å². The van der Waals surface area contributed by atoms with E-state index in [0.29, 0.717) is 12.3 Å². The van der Waals surface area contributed by atoms with Crippen LogP contribution in [0, 0.1) is 0 Å². The van der Waals surface area contributed by atoms with E-state index < -0.39 is 0 Å². The van der Waals surface area contributed by atoms with Crippen LogP contribution in [0.25, 0.3) is 0 Å². The first kappa shape index (κ1) is 10.5. The van der Waals surface area contributed by atoms with Gasteiger partial charge in [-0.05, 0) is 23.4 Å². The van der Waals surface area contributed by atoms with Crippen molar-refractivity contribution >= 4 is 22.9 Å². The summed E-state index contributed by atoms with van der Waals surface area (Å²) in [5.41, 5.74) is 2.29. The Kier molecular flexibility index (Phi) is 2.69. The number of amides is 1. The van der Waals surface area contributed by atoms with Crippen LogP contribution in [-0.4, -0.2) is 5.91 Å². The average Bonchev–Trinajstić information content (AvgIpc) is 2.73. The molecule has 0 radical (unpaired) electrons. The number of nitrogens with one attached hydrogen (secondary N) is 1. The first-order chi connectivity index (χ1) is 8.34. The Morgan fingerprint density at radius 1 is 1.18 bits per heavy atom. The lowest BCUT2D eigenvalue weighted by Gasteiger charge is -2.13. The smallest absolute Gasteiger partial charge is 0.224 e. The fourth-order valence-corrected chi connectivity index (χ4v) is 3.33. The summed E-state index contributed by atoms with van der Waals surface area (Å²) in [6, 6.07) is 12.4. The third kappa shape index (κ3) is 1.98. The number of rotatable bonds is 1. The van der Waals surface area contributed by atoms with Gasteiger partial charge >= 0.3 is 0 Å². The molecule has 2 nitrogen and oxygen atoms in total. The van der Waals surface area contributed by atoms with Gasteiger partial charge in [0.15, 0.2) is 0 Å². The van der Waals surface area contributed by atoms with E-state index in [1.807, 2.05) is 17.5 Å². The summed E-state index contributed by atoms with van der Waals surface area (Å²) in [6.45, 7) is 0. The second-order valence-corrected chi connectivity index (χ2v) is 5.20. The third-order valence-electron chi connectivity index (χ3n) is 3.15. The van der Waals surface area contributed by atoms with E-state index in [-0.39, 0.29) is 5.91 Å². The van der Waals surface area contributed by atoms with Crippen LogP contribution in [-0.2, 0) is 4.79 Å². The van der Waals surface area contributed by atoms with Crippen LogP contribution in [0.1, 0.15) is 29.2 Å². The van der Waals surface area contributed by atoms with Crippen LogP contribution >= 0.6 is 11.3 Å². The molecule has 0 saturated heterocycles. The fraction of sp³-hybridized carbons (Fsp3) is 0.214. The normalized spacial score (nSPS) is 19.3. The van der Waals surface area contributed by atoms with Crippen molar-refractivity contribution in [1.29, 1.82) is 0 Å². The fourth-order valence-electron chi connectivity index (χ4n) is 2.32. The highest BCUT2D eigenvalue weighted by atomic mass is 32.1. The number of hydrogen-bond acceptors (Lipinski definition) is 2. The van der Waals surface area contributed by atoms with Crippen molar-refractivity contribution in [2.24, 2.45) is 0 Å². The van der Waals surface area contributed by atoms with Gasteiger partial charge in [-0.3, -0.25) is 4.79 Å². The van der Waals surface area contributed by atoms with Gasteiger partial charge in [0.2, 0.25) is 5.91 Å². The Morgan fingerprint density at radius 3 is 2.82 bits per heavy atom. The van der Waals surface area contributed by atoms with Gasteiger partial charge < -0.3 is 5.32 Å². The van der Waals surface area contributed by atoms with Gasteiger partial charge in [0.25, 0.3) is 0 Å². The summed E-state index contributed by atoms with van der Waals surface area (Å²) in [6.07, 6.45) is 1.49. The van der Waals surface area contributed by atoms with E-state index in [1.54, 1.807) is 11.3 Å². The van der Waals surface area contributed by atoms with E-state index in [4.69, 9.17) is 0 Å². The molecule has 2 aromatic rings. The van der Waals surface area contributed by atoms with Crippen molar-refractivity contribution in [3.63, 3.8) is 0 Å². The SMILES string of the molecule is O=C1CCC(c2ccccc2)c2sccc2N1. The van der Waals surface area contributed by atoms with E-state index in [1.165, 1.54) is 10.4 Å². The molecule has 0 saturated carbocycles. The maximum Gasteiger partial charge on any atom is 0.224 e. The van der Waals surface area contributed by atoms with Gasteiger partial charge in [-0.1, -0.05) is 30.3 Å². The molecule has 1 atom stereocenters. The maximum atomic E-state index is 11.6. The minimum absolute atomic E-state index is 0.128. The van der Waals surface area contributed by atoms with Crippen molar-refractivity contribution in [3.05, 3.63) is 52.2 Å². The number of carbonyl (C=O) groups excluding carboxylic acids is 1. The highest BCUT2D eigenvalue weighted by Crippen LogP contribution is 2.39. The molecule has 17 heavy (non-hydrogen) atoms. The Labute approximate surface area is 104 Å². The molecule has 0 spiro atoms. The van der Waals surface area contributed by atoms with Crippen molar-refractivity contribution in [2.45, 2.75) is 18.8 Å². The monoisotopic (exact) mass is 243 g/mol. The summed E-state index contributed by atoms with van der Waals surface area (Å²) in [5.74, 6) is 0.480. The Balaban J connectivity index is 2.04. The Bertz CT molecular complexity index is 532. The number of carbonyl (C=O) groups is 1. The highest BCUT2D eigenvalue weighted by Gasteiger charge is 2.24. The molecule has 1 amide bonds. The second kappa shape index (κ2) is 4.34. The van der Waals surface area contributed by atoms with Gasteiger partial charge in [-0.2, -0.15) is 0 Å². The topological polar surface area (TPSA) is 29.1 Å². The van der Waals surface area contributed by atoms with E-state index in [2.05, 4.69) is 29.6 Å². The standard InChI is InChI=1S/C14H13NOS/c16-13-7-6-11(10-4-2-1-3-5-10)14-12(15-13)8-9-17-14/h1-5,8-9,11H,6-7H2,(H,15,16). The zero-order chi connectivity index (χ0) is 11.7. The number of thiophene rings is 1. The summed E-state index contributed by atoms with van der Waals surface area (Å²) >= 11 is 1.73. The first-order valence-electron chi connectivity index (χ1n) is 5.77. The third-order valence-corrected chi connectivity index (χ3v) is 4.18. The number of fused-ring (bicyclic) bond motifs is 1. The minimum atomic E-state index is 0.128. The van der Waals surface area contributed by atoms with Gasteiger partial charge in [0, 0.05) is 17.2 Å². The Hall–Kier alpha value is -1.61. The van der Waals surface area contributed by atoms with Crippen LogP contribution < -0.4 is 5.32 Å². The molecule has 0 fully saturated rings. The quantitative estimate of drug-likeness (QED) is 0.814. The van der Waals surface area contributed by atoms with E-state index in [9.17, 15) is 4.79 Å². The zero-order valence-corrected chi connectivity index (χ0v) is 10.2. The van der Waals surface area contributed by atoms with Crippen molar-refractivity contribution in [1.82, 2.24) is 0 Å². The molecular formula is C14H13NOS. The number of hydrogen-bond donors (Lipinski definition) is 1. The number of anilines is 1. The highest BCUT2D eigenvalue weighted by molar-refractivity contribution is 7.10. The molecule has 1 unspecified atom stereocenters. The van der Waals surface area contributed by atoms with Gasteiger partial charge in [-0.15, -0.1) is 11.3 Å². The van der Waals surface area contributed by atoms with Crippen LogP contribution in [0.3, 0.4) is 0 Å². The molecule has 1 aliphatic rings. The molecule has 3 heteroatoms.